The Morgan fingerprint density at radius 2 is 1.69 bits per heavy atom. The zero-order chi connectivity index (χ0) is 24.3. The van der Waals surface area contributed by atoms with Crippen LogP contribution in [0.4, 0.5) is 0 Å². The van der Waals surface area contributed by atoms with E-state index in [2.05, 4.69) is 21.3 Å². The van der Waals surface area contributed by atoms with Gasteiger partial charge in [0.15, 0.2) is 0 Å². The summed E-state index contributed by atoms with van der Waals surface area (Å²) in [4.78, 5) is 50.1. The highest BCUT2D eigenvalue weighted by molar-refractivity contribution is 5.94. The summed E-state index contributed by atoms with van der Waals surface area (Å²) < 4.78 is 0. The number of carboxylic acids is 1. The molecule has 1 aliphatic heterocycles. The summed E-state index contributed by atoms with van der Waals surface area (Å²) in [7, 11) is 0. The molecular weight excluding hydrogens is 414 g/mol. The number of rotatable bonds is 14. The van der Waals surface area contributed by atoms with Crippen LogP contribution < -0.4 is 27.0 Å². The molecule has 1 saturated heterocycles. The van der Waals surface area contributed by atoms with Crippen molar-refractivity contribution < 1.29 is 24.3 Å². The number of nitrogens with two attached hydrogens (primary N) is 1. The van der Waals surface area contributed by atoms with Crippen molar-refractivity contribution in [3.8, 4) is 0 Å². The predicted octanol–water partition coefficient (Wildman–Crippen LogP) is 0.109. The first-order chi connectivity index (χ1) is 15.1. The van der Waals surface area contributed by atoms with E-state index in [1.807, 2.05) is 13.8 Å². The molecule has 10 heteroatoms. The summed E-state index contributed by atoms with van der Waals surface area (Å²) in [5, 5.41) is 20.6. The van der Waals surface area contributed by atoms with Crippen molar-refractivity contribution in [3.05, 3.63) is 0 Å². The molecule has 1 aliphatic rings. The lowest BCUT2D eigenvalue weighted by molar-refractivity contribution is -0.144. The van der Waals surface area contributed by atoms with Crippen molar-refractivity contribution in [1.82, 2.24) is 21.3 Å². The lowest BCUT2D eigenvalue weighted by Gasteiger charge is -2.29. The summed E-state index contributed by atoms with van der Waals surface area (Å²) >= 11 is 0. The molecule has 0 saturated carbocycles. The van der Waals surface area contributed by atoms with Crippen LogP contribution in [0.1, 0.15) is 66.2 Å². The van der Waals surface area contributed by atoms with E-state index in [0.29, 0.717) is 38.6 Å². The van der Waals surface area contributed by atoms with Gasteiger partial charge in [-0.25, -0.2) is 4.79 Å². The summed E-state index contributed by atoms with van der Waals surface area (Å²) in [6.45, 7) is 8.36. The second kappa shape index (κ2) is 14.1. The van der Waals surface area contributed by atoms with E-state index in [-0.39, 0.29) is 23.8 Å². The van der Waals surface area contributed by atoms with Crippen molar-refractivity contribution in [3.63, 3.8) is 0 Å². The molecule has 1 fully saturated rings. The molecule has 5 atom stereocenters. The zero-order valence-electron chi connectivity index (χ0n) is 19.8. The Kier molecular flexibility index (Phi) is 12.2. The van der Waals surface area contributed by atoms with Gasteiger partial charge in [0.1, 0.15) is 18.1 Å². The van der Waals surface area contributed by atoms with Gasteiger partial charge < -0.3 is 32.1 Å². The first kappa shape index (κ1) is 27.8. The number of nitrogens with one attached hydrogen (secondary N) is 4. The van der Waals surface area contributed by atoms with Gasteiger partial charge in [0.25, 0.3) is 0 Å². The summed E-state index contributed by atoms with van der Waals surface area (Å²) in [6.07, 6.45) is 3.99. The van der Waals surface area contributed by atoms with Gasteiger partial charge in [-0.05, 0) is 57.0 Å². The number of carbonyl (C=O) groups excluding carboxylic acids is 3. The third-order valence-corrected chi connectivity index (χ3v) is 5.98. The van der Waals surface area contributed by atoms with Gasteiger partial charge in [0.2, 0.25) is 17.7 Å². The Morgan fingerprint density at radius 3 is 2.19 bits per heavy atom. The van der Waals surface area contributed by atoms with Crippen molar-refractivity contribution in [2.75, 3.05) is 13.1 Å². The molecule has 10 nitrogen and oxygen atoms in total. The second-order valence-corrected chi connectivity index (χ2v) is 8.93. The van der Waals surface area contributed by atoms with E-state index in [9.17, 15) is 24.3 Å². The Hall–Kier alpha value is -2.20. The maximum atomic E-state index is 13.1. The van der Waals surface area contributed by atoms with Gasteiger partial charge in [0, 0.05) is 0 Å². The van der Waals surface area contributed by atoms with Crippen LogP contribution in [0.15, 0.2) is 0 Å². The van der Waals surface area contributed by atoms with E-state index >= 15 is 0 Å². The summed E-state index contributed by atoms with van der Waals surface area (Å²) in [5.41, 5.74) is 5.57. The molecule has 1 heterocycles. The highest BCUT2D eigenvalue weighted by Crippen LogP contribution is 2.12. The Labute approximate surface area is 190 Å². The molecule has 3 amide bonds. The molecule has 0 bridgehead atoms. The molecule has 7 N–H and O–H groups in total. The van der Waals surface area contributed by atoms with Crippen molar-refractivity contribution in [1.29, 1.82) is 0 Å². The van der Waals surface area contributed by atoms with Crippen molar-refractivity contribution >= 4 is 23.7 Å². The summed E-state index contributed by atoms with van der Waals surface area (Å²) in [5.74, 6) is -2.89. The minimum atomic E-state index is -1.13. The molecule has 0 spiro atoms. The lowest BCUT2D eigenvalue weighted by atomic mass is 9.96. The van der Waals surface area contributed by atoms with E-state index in [4.69, 9.17) is 5.73 Å². The van der Waals surface area contributed by atoms with E-state index in [1.165, 1.54) is 0 Å². The number of carbonyl (C=O) groups is 4. The Bertz CT molecular complexity index is 636. The standard InChI is InChI=1S/C22H41N5O5/c1-5-14(4)18(21(30)26-17(13(2)3)22(31)32)27-20(29)16(9-6-7-11-23)25-19(28)15-10-8-12-24-15/h13-18,24H,5-12,23H2,1-4H3,(H,25,28)(H,26,30)(H,27,29)(H,31,32). The largest absolute Gasteiger partial charge is 0.480 e. The predicted molar refractivity (Wildman–Crippen MR) is 122 cm³/mol. The van der Waals surface area contributed by atoms with Gasteiger partial charge in [-0.2, -0.15) is 0 Å². The van der Waals surface area contributed by atoms with Crippen LogP contribution in [0, 0.1) is 11.8 Å². The minimum Gasteiger partial charge on any atom is -0.480 e. The highest BCUT2D eigenvalue weighted by Gasteiger charge is 2.33. The minimum absolute atomic E-state index is 0.225. The molecule has 1 rings (SSSR count). The number of hydrogen-bond acceptors (Lipinski definition) is 6. The SMILES string of the molecule is CCC(C)C(NC(=O)C(CCCCN)NC(=O)C1CCCN1)C(=O)NC(C(=O)O)C(C)C. The lowest BCUT2D eigenvalue weighted by Crippen LogP contribution is -2.59. The summed E-state index contributed by atoms with van der Waals surface area (Å²) in [6, 6.07) is -3.09. The van der Waals surface area contributed by atoms with Crippen LogP contribution in [-0.2, 0) is 19.2 Å². The third kappa shape index (κ3) is 8.74. The normalized spacial score (nSPS) is 19.6. The molecule has 32 heavy (non-hydrogen) atoms. The van der Waals surface area contributed by atoms with Gasteiger partial charge >= 0.3 is 5.97 Å². The fourth-order valence-corrected chi connectivity index (χ4v) is 3.65. The van der Waals surface area contributed by atoms with Crippen LogP contribution in [0.25, 0.3) is 0 Å². The fourth-order valence-electron chi connectivity index (χ4n) is 3.65. The second-order valence-electron chi connectivity index (χ2n) is 8.93. The number of hydrogen-bond donors (Lipinski definition) is 6. The van der Waals surface area contributed by atoms with Gasteiger partial charge in [0.05, 0.1) is 6.04 Å². The first-order valence-corrected chi connectivity index (χ1v) is 11.7. The molecule has 0 radical (unpaired) electrons. The van der Waals surface area contributed by atoms with Gasteiger partial charge in [-0.3, -0.25) is 14.4 Å². The van der Waals surface area contributed by atoms with Crippen molar-refractivity contribution in [2.24, 2.45) is 17.6 Å². The highest BCUT2D eigenvalue weighted by atomic mass is 16.4. The molecule has 184 valence electrons. The first-order valence-electron chi connectivity index (χ1n) is 11.7. The third-order valence-electron chi connectivity index (χ3n) is 5.98. The molecule has 5 unspecified atom stereocenters. The molecular formula is C22H41N5O5. The number of amides is 3. The molecule has 0 aliphatic carbocycles. The zero-order valence-corrected chi connectivity index (χ0v) is 19.8. The van der Waals surface area contributed by atoms with E-state index in [0.717, 1.165) is 13.0 Å². The maximum Gasteiger partial charge on any atom is 0.326 e. The number of unbranched alkanes of at least 4 members (excludes halogenated alkanes) is 1. The van der Waals surface area contributed by atoms with Crippen LogP contribution in [0.3, 0.4) is 0 Å². The average molecular weight is 456 g/mol. The van der Waals surface area contributed by atoms with E-state index in [1.54, 1.807) is 13.8 Å². The van der Waals surface area contributed by atoms with Crippen molar-refractivity contribution in [2.45, 2.75) is 90.4 Å². The van der Waals surface area contributed by atoms with Gasteiger partial charge in [-0.15, -0.1) is 0 Å². The number of carboxylic acid groups (broad SMARTS) is 1. The Morgan fingerprint density at radius 1 is 1.03 bits per heavy atom. The Balaban J connectivity index is 2.93. The van der Waals surface area contributed by atoms with E-state index < -0.39 is 35.9 Å². The quantitative estimate of drug-likeness (QED) is 0.202. The number of aliphatic carboxylic acids is 1. The topological polar surface area (TPSA) is 163 Å². The maximum absolute atomic E-state index is 13.1. The van der Waals surface area contributed by atoms with Gasteiger partial charge in [-0.1, -0.05) is 34.1 Å². The fraction of sp³-hybridized carbons (Fsp3) is 0.818. The molecule has 0 aromatic carbocycles. The van der Waals surface area contributed by atoms with Crippen LogP contribution in [-0.4, -0.2) is 66.1 Å². The monoisotopic (exact) mass is 455 g/mol. The molecule has 0 aromatic rings. The van der Waals surface area contributed by atoms with Crippen LogP contribution in [0.2, 0.25) is 0 Å². The molecule has 0 aromatic heterocycles. The smallest absolute Gasteiger partial charge is 0.326 e. The van der Waals surface area contributed by atoms with Crippen LogP contribution >= 0.6 is 0 Å². The average Bonchev–Trinajstić information content (AvgIpc) is 3.28. The van der Waals surface area contributed by atoms with Crippen LogP contribution in [0.5, 0.6) is 0 Å².